The van der Waals surface area contributed by atoms with Crippen molar-refractivity contribution in [1.82, 2.24) is 6.15 Å². The Labute approximate surface area is 57.5 Å². The zero-order valence-corrected chi connectivity index (χ0v) is 6.93. The van der Waals surface area contributed by atoms with Crippen LogP contribution in [-0.2, 0) is 22.4 Å². The van der Waals surface area contributed by atoms with Crippen LogP contribution in [0.4, 0.5) is 0 Å². The molecule has 0 fully saturated rings. The first kappa shape index (κ1) is 5590. The van der Waals surface area contributed by atoms with Gasteiger partial charge in [0.1, 0.15) is 0 Å². The molecule has 0 unspecified atom stereocenters. The topological polar surface area (TPSA) is 36.5 Å². The van der Waals surface area contributed by atoms with Gasteiger partial charge in [-0.2, -0.15) is 0 Å². The van der Waals surface area contributed by atoms with E-state index in [0.717, 1.165) is 0 Å². The summed E-state index contributed by atoms with van der Waals surface area (Å²) in [6, 6.07) is 0. The average molecular weight is 313 g/mol. The molecule has 8 heavy (non-hydrogen) atoms. The van der Waals surface area contributed by atoms with Gasteiger partial charge in [0, 0.05) is 0 Å². The van der Waals surface area contributed by atoms with Crippen LogP contribution in [0, 0.1) is 0 Å². The molecule has 56 valence electrons. The van der Waals surface area contributed by atoms with E-state index in [-0.39, 0.29) is 56.8 Å². The molecule has 0 aliphatic rings. The van der Waals surface area contributed by atoms with E-state index in [2.05, 4.69) is 0 Å². The van der Waals surface area contributed by atoms with E-state index in [0.29, 0.717) is 0 Å². The SMILES string of the molecule is [F-].[F-].[F-].[F-].[F-].[F-].[NH4+].[Ta+5]. The van der Waals surface area contributed by atoms with E-state index in [1.165, 1.54) is 0 Å². The predicted molar refractivity (Wildman–Crippen MR) is 5.98 cm³/mol. The standard InChI is InChI=1S/6FH.H3N.Ta/h6*1H;1H3;/q;;;;;;;+5/p-5. The van der Waals surface area contributed by atoms with Crippen LogP contribution in [0.3, 0.4) is 0 Å². The first-order valence-corrected chi connectivity index (χ1v) is 0. The van der Waals surface area contributed by atoms with Crippen molar-refractivity contribution in [2.75, 3.05) is 0 Å². The van der Waals surface area contributed by atoms with Gasteiger partial charge in [0.25, 0.3) is 0 Å². The molecule has 0 atom stereocenters. The Balaban J connectivity index is 0. The number of hydrogen-bond acceptors (Lipinski definition) is 0. The van der Waals surface area contributed by atoms with Crippen molar-refractivity contribution in [3.8, 4) is 0 Å². The van der Waals surface area contributed by atoms with Crippen LogP contribution < -0.4 is 34.4 Å². The number of quaternary nitrogens is 1. The van der Waals surface area contributed by atoms with Crippen molar-refractivity contribution in [3.63, 3.8) is 0 Å². The quantitative estimate of drug-likeness (QED) is 0.431. The van der Waals surface area contributed by atoms with Gasteiger partial charge in [-0.05, 0) is 0 Å². The maximum atomic E-state index is 0. The fraction of sp³-hybridized carbons (Fsp3) is 0. The summed E-state index contributed by atoms with van der Waals surface area (Å²) in [7, 11) is 0. The minimum atomic E-state index is 0. The molecule has 4 N–H and O–H groups in total. The molecular weight excluding hydrogens is 309 g/mol. The van der Waals surface area contributed by atoms with Crippen LogP contribution in [-0.4, -0.2) is 0 Å². The smallest absolute Gasteiger partial charge is 1.00 e. The van der Waals surface area contributed by atoms with Crippen LogP contribution in [0.25, 0.3) is 0 Å². The van der Waals surface area contributed by atoms with Crippen molar-refractivity contribution in [2.24, 2.45) is 0 Å². The van der Waals surface area contributed by atoms with Crippen molar-refractivity contribution < 1.29 is 50.6 Å². The summed E-state index contributed by atoms with van der Waals surface area (Å²) < 4.78 is 0. The van der Waals surface area contributed by atoms with Crippen molar-refractivity contribution >= 4 is 0 Å². The summed E-state index contributed by atoms with van der Waals surface area (Å²) in [5, 5.41) is 0. The van der Waals surface area contributed by atoms with Crippen molar-refractivity contribution in [2.45, 2.75) is 0 Å². The second kappa shape index (κ2) is 3660. The van der Waals surface area contributed by atoms with Crippen LogP contribution >= 0.6 is 0 Å². The molecule has 0 saturated heterocycles. The molecule has 0 aromatic heterocycles. The maximum absolute atomic E-state index is 0. The molecule has 0 bridgehead atoms. The fourth-order valence-corrected chi connectivity index (χ4v) is 0. The van der Waals surface area contributed by atoms with Crippen LogP contribution in [0.1, 0.15) is 0 Å². The average Bonchev–Trinajstić information content (AvgIpc) is 0. The first-order valence-electron chi connectivity index (χ1n) is 0. The molecule has 0 amide bonds. The van der Waals surface area contributed by atoms with Gasteiger partial charge in [-0.15, -0.1) is 0 Å². The molecule has 0 spiro atoms. The zero-order chi connectivity index (χ0) is 0. The zero-order valence-electron chi connectivity index (χ0n) is 3.72. The summed E-state index contributed by atoms with van der Waals surface area (Å²) >= 11 is 0. The van der Waals surface area contributed by atoms with E-state index in [4.69, 9.17) is 0 Å². The summed E-state index contributed by atoms with van der Waals surface area (Å²) in [6.45, 7) is 0. The van der Waals surface area contributed by atoms with Gasteiger partial charge in [0.15, 0.2) is 0 Å². The molecular formula is H4F6NTa. The van der Waals surface area contributed by atoms with E-state index >= 15 is 0 Å². The van der Waals surface area contributed by atoms with Gasteiger partial charge in [-0.3, -0.25) is 0 Å². The Morgan fingerprint density at radius 2 is 0.375 bits per heavy atom. The van der Waals surface area contributed by atoms with E-state index in [9.17, 15) is 0 Å². The molecule has 0 aliphatic carbocycles. The Bertz CT molecular complexity index is 8.49. The summed E-state index contributed by atoms with van der Waals surface area (Å²) in [5.41, 5.74) is 0. The Hall–Kier alpha value is 0.280. The molecule has 1 nitrogen and oxygen atoms in total. The molecule has 8 heteroatoms. The largest absolute Gasteiger partial charge is 5.00 e. The Morgan fingerprint density at radius 1 is 0.375 bits per heavy atom. The normalized spacial score (nSPS) is 0. The van der Waals surface area contributed by atoms with Crippen molar-refractivity contribution in [1.29, 1.82) is 0 Å². The van der Waals surface area contributed by atoms with E-state index < -0.39 is 0 Å². The minimum Gasteiger partial charge on any atom is -1.00 e. The van der Waals surface area contributed by atoms with Gasteiger partial charge in [-0.25, -0.2) is 0 Å². The van der Waals surface area contributed by atoms with Gasteiger partial charge in [0.05, 0.1) is 0 Å². The Kier molecular flexibility index (Phi) is 2550000. The van der Waals surface area contributed by atoms with E-state index in [1.807, 2.05) is 0 Å². The molecule has 0 aromatic carbocycles. The third-order valence-electron chi connectivity index (χ3n) is 0. The third kappa shape index (κ3) is 2230. The van der Waals surface area contributed by atoms with Gasteiger partial charge in [-0.1, -0.05) is 0 Å². The molecule has 0 heterocycles. The second-order valence-electron chi connectivity index (χ2n) is 0. The first-order chi connectivity index (χ1) is 0. The van der Waals surface area contributed by atoms with Crippen LogP contribution in [0.2, 0.25) is 0 Å². The number of hydrogen-bond donors (Lipinski definition) is 1. The second-order valence-corrected chi connectivity index (χ2v) is 0. The molecule has 0 rings (SSSR count). The number of rotatable bonds is 0. The van der Waals surface area contributed by atoms with Gasteiger partial charge >= 0.3 is 22.4 Å². The molecule has 0 radical (unpaired) electrons. The molecule has 0 saturated carbocycles. The number of halogens is 6. The maximum Gasteiger partial charge on any atom is 5.00 e. The van der Waals surface area contributed by atoms with Crippen LogP contribution in [0.5, 0.6) is 0 Å². The van der Waals surface area contributed by atoms with Crippen LogP contribution in [0.15, 0.2) is 0 Å². The Morgan fingerprint density at radius 3 is 0.375 bits per heavy atom. The van der Waals surface area contributed by atoms with E-state index in [1.54, 1.807) is 0 Å². The molecule has 0 aliphatic heterocycles. The monoisotopic (exact) mass is 313 g/mol. The third-order valence-corrected chi connectivity index (χ3v) is 0. The summed E-state index contributed by atoms with van der Waals surface area (Å²) in [6.07, 6.45) is 0. The van der Waals surface area contributed by atoms with Crippen molar-refractivity contribution in [3.05, 3.63) is 0 Å². The predicted octanol–water partition coefficient (Wildman–Crippen LogP) is -17.6. The van der Waals surface area contributed by atoms with Gasteiger partial charge < -0.3 is 34.4 Å². The summed E-state index contributed by atoms with van der Waals surface area (Å²) in [4.78, 5) is 0. The van der Waals surface area contributed by atoms with Gasteiger partial charge in [0.2, 0.25) is 0 Å². The summed E-state index contributed by atoms with van der Waals surface area (Å²) in [5.74, 6) is 0. The molecule has 0 aromatic rings. The minimum absolute atomic E-state index is 0. The fourth-order valence-electron chi connectivity index (χ4n) is 0.